The van der Waals surface area contributed by atoms with Gasteiger partial charge in [0.2, 0.25) is 0 Å². The van der Waals surface area contributed by atoms with E-state index in [0.29, 0.717) is 12.2 Å². The zero-order valence-corrected chi connectivity index (χ0v) is 24.1. The van der Waals surface area contributed by atoms with Gasteiger partial charge in [-0.15, -0.1) is 0 Å². The zero-order valence-electron chi connectivity index (χ0n) is 24.1. The lowest BCUT2D eigenvalue weighted by Gasteiger charge is -2.25. The van der Waals surface area contributed by atoms with Crippen LogP contribution in [-0.4, -0.2) is 78.8 Å². The van der Waals surface area contributed by atoms with Gasteiger partial charge in [-0.1, -0.05) is 19.8 Å². The number of nitrogens with one attached hydrogen (secondary N) is 6. The number of rotatable bonds is 17. The number of hydrogen-bond acceptors (Lipinski definition) is 11. The summed E-state index contributed by atoms with van der Waals surface area (Å²) in [6.07, 6.45) is 1.27. The molecule has 1 saturated heterocycles. The van der Waals surface area contributed by atoms with Gasteiger partial charge in [-0.3, -0.25) is 25.0 Å². The summed E-state index contributed by atoms with van der Waals surface area (Å²) in [5.74, 6) is -0.673. The smallest absolute Gasteiger partial charge is 0.351 e. The molecule has 0 aromatic carbocycles. The van der Waals surface area contributed by atoms with Crippen molar-refractivity contribution in [2.24, 2.45) is 0 Å². The molecule has 15 heteroatoms. The maximum absolute atomic E-state index is 13.1. The number of unbranched alkanes of at least 4 members (excludes halogenated alkanes) is 2. The summed E-state index contributed by atoms with van der Waals surface area (Å²) in [7, 11) is 1.57. The Labute approximate surface area is 239 Å². The average Bonchev–Trinajstić information content (AvgIpc) is 3.22. The van der Waals surface area contributed by atoms with Gasteiger partial charge in [0, 0.05) is 31.9 Å². The van der Waals surface area contributed by atoms with E-state index in [2.05, 4.69) is 39.8 Å². The molecule has 1 aromatic rings. The number of ether oxygens (including phenoxy) is 4. The van der Waals surface area contributed by atoms with Crippen LogP contribution in [0.25, 0.3) is 0 Å². The molecule has 41 heavy (non-hydrogen) atoms. The van der Waals surface area contributed by atoms with Gasteiger partial charge in [0.05, 0.1) is 31.9 Å². The molecule has 2 heterocycles. The molecule has 0 aliphatic carbocycles. The number of aromatic nitrogens is 2. The summed E-state index contributed by atoms with van der Waals surface area (Å²) in [5, 5.41) is 25.4. The predicted octanol–water partition coefficient (Wildman–Crippen LogP) is 1.10. The first-order valence-electron chi connectivity index (χ1n) is 13.6. The van der Waals surface area contributed by atoms with Gasteiger partial charge in [-0.25, -0.2) is 4.79 Å². The fourth-order valence-electron chi connectivity index (χ4n) is 3.95. The van der Waals surface area contributed by atoms with E-state index in [1.807, 2.05) is 0 Å². The first-order chi connectivity index (χ1) is 19.6. The lowest BCUT2D eigenvalue weighted by atomic mass is 10.1. The highest BCUT2D eigenvalue weighted by Gasteiger charge is 2.49. The minimum absolute atomic E-state index is 0.0487. The van der Waals surface area contributed by atoms with Gasteiger partial charge in [0.1, 0.15) is 5.82 Å². The van der Waals surface area contributed by atoms with Crippen molar-refractivity contribution < 1.29 is 28.5 Å². The summed E-state index contributed by atoms with van der Waals surface area (Å²) < 4.78 is 24.0. The van der Waals surface area contributed by atoms with E-state index in [9.17, 15) is 14.4 Å². The van der Waals surface area contributed by atoms with Crippen LogP contribution in [-0.2, 0) is 28.5 Å². The topological polar surface area (TPSA) is 202 Å². The highest BCUT2D eigenvalue weighted by molar-refractivity contribution is 5.77. The second kappa shape index (κ2) is 16.8. The number of aryl methyl sites for hydroxylation is 1. The fraction of sp³-hybridized carbons (Fsp3) is 0.615. The first kappa shape index (κ1) is 33.1. The van der Waals surface area contributed by atoms with Crippen LogP contribution in [0.4, 0.5) is 5.82 Å². The van der Waals surface area contributed by atoms with Crippen molar-refractivity contribution in [1.29, 1.82) is 10.8 Å². The molecular weight excluding hydrogens is 536 g/mol. The summed E-state index contributed by atoms with van der Waals surface area (Å²) in [6, 6.07) is 0. The Kier molecular flexibility index (Phi) is 13.6. The Morgan fingerprint density at radius 3 is 2.54 bits per heavy atom. The van der Waals surface area contributed by atoms with Crippen molar-refractivity contribution >= 4 is 30.1 Å². The summed E-state index contributed by atoms with van der Waals surface area (Å²) in [6.45, 7) is 10.1. The molecule has 1 aliphatic heterocycles. The van der Waals surface area contributed by atoms with Gasteiger partial charge < -0.3 is 40.2 Å². The van der Waals surface area contributed by atoms with Gasteiger partial charge in [-0.2, -0.15) is 4.98 Å². The molecular formula is C26H42N8O7. The van der Waals surface area contributed by atoms with E-state index >= 15 is 0 Å². The fourth-order valence-corrected chi connectivity index (χ4v) is 3.95. The van der Waals surface area contributed by atoms with E-state index in [0.717, 1.165) is 25.6 Å². The van der Waals surface area contributed by atoms with E-state index in [4.69, 9.17) is 29.8 Å². The number of hydrogen-bond donors (Lipinski definition) is 6. The normalized spacial score (nSPS) is 19.5. The second-order valence-electron chi connectivity index (χ2n) is 9.36. The molecule has 228 valence electrons. The Balaban J connectivity index is 2.23. The van der Waals surface area contributed by atoms with Crippen LogP contribution in [0.5, 0.6) is 0 Å². The van der Waals surface area contributed by atoms with Gasteiger partial charge >= 0.3 is 17.6 Å². The van der Waals surface area contributed by atoms with E-state index in [-0.39, 0.29) is 43.6 Å². The number of guanidine groups is 1. The second-order valence-corrected chi connectivity index (χ2v) is 9.36. The molecule has 15 nitrogen and oxygen atoms in total. The molecule has 0 radical (unpaired) electrons. The van der Waals surface area contributed by atoms with Crippen LogP contribution in [0, 0.1) is 17.7 Å². The van der Waals surface area contributed by atoms with Crippen molar-refractivity contribution in [3.8, 4) is 0 Å². The summed E-state index contributed by atoms with van der Waals surface area (Å²) >= 11 is 0. The molecule has 4 atom stereocenters. The molecule has 0 spiro atoms. The van der Waals surface area contributed by atoms with Crippen LogP contribution in [0.3, 0.4) is 0 Å². The quantitative estimate of drug-likeness (QED) is 0.0506. The Morgan fingerprint density at radius 2 is 1.88 bits per heavy atom. The Bertz CT molecular complexity index is 1130. The van der Waals surface area contributed by atoms with Crippen molar-refractivity contribution in [3.63, 3.8) is 0 Å². The zero-order chi connectivity index (χ0) is 30.4. The first-order valence-corrected chi connectivity index (χ1v) is 13.6. The highest BCUT2D eigenvalue weighted by atomic mass is 16.6. The Morgan fingerprint density at radius 1 is 1.20 bits per heavy atom. The third-order valence-corrected chi connectivity index (χ3v) is 6.10. The number of carbonyl (C=O) groups is 2. The molecule has 1 aromatic heterocycles. The third-order valence-electron chi connectivity index (χ3n) is 6.10. The standard InChI is InChI=1S/C26H42N8O7/c1-6-7-8-13-38-18(4)32-23-16(2)14-34(26(37)33-23)24-22(41-19(35)9-11-30-15-27)21(17(3)39-24)40-20(36)10-12-31-25(28)29-5/h14-15,17,21-22,24H,4,6-13H2,1-3,5H3,(H2,27,30)(H3,28,29,31)(H,32,33,37)/t17-,21?,22?,24-/m1/s1. The van der Waals surface area contributed by atoms with Crippen LogP contribution < -0.4 is 27.0 Å². The van der Waals surface area contributed by atoms with Gasteiger partial charge in [0.25, 0.3) is 0 Å². The van der Waals surface area contributed by atoms with E-state index in [1.54, 1.807) is 20.9 Å². The number of esters is 2. The SMILES string of the molecule is C=C(Nc1nc(=O)n([C@@H]2O[C@H](C)C(OC(=O)CCNC(=N)NC)C2OC(=O)CCNC=N)cc1C)OCCCCC. The minimum Gasteiger partial charge on any atom is -0.479 e. The summed E-state index contributed by atoms with van der Waals surface area (Å²) in [4.78, 5) is 42.4. The number of anilines is 1. The lowest BCUT2D eigenvalue weighted by Crippen LogP contribution is -2.42. The largest absolute Gasteiger partial charge is 0.479 e. The lowest BCUT2D eigenvalue weighted by molar-refractivity contribution is -0.168. The molecule has 1 aliphatic rings. The molecule has 6 N–H and O–H groups in total. The predicted molar refractivity (Wildman–Crippen MR) is 152 cm³/mol. The van der Waals surface area contributed by atoms with E-state index < -0.39 is 42.2 Å². The van der Waals surface area contributed by atoms with Crippen LogP contribution in [0.15, 0.2) is 23.5 Å². The maximum atomic E-state index is 13.1. The highest BCUT2D eigenvalue weighted by Crippen LogP contribution is 2.34. The maximum Gasteiger partial charge on any atom is 0.351 e. The van der Waals surface area contributed by atoms with Crippen molar-refractivity contribution in [3.05, 3.63) is 34.7 Å². The van der Waals surface area contributed by atoms with Crippen molar-refractivity contribution in [1.82, 2.24) is 25.5 Å². The molecule has 1 fully saturated rings. The molecule has 2 unspecified atom stereocenters. The number of carbonyl (C=O) groups excluding carboxylic acids is 2. The molecule has 0 bridgehead atoms. The molecule has 0 amide bonds. The molecule has 0 saturated carbocycles. The van der Waals surface area contributed by atoms with Crippen LogP contribution in [0.1, 0.15) is 57.7 Å². The van der Waals surface area contributed by atoms with Crippen LogP contribution in [0.2, 0.25) is 0 Å². The van der Waals surface area contributed by atoms with Gasteiger partial charge in [0.15, 0.2) is 30.3 Å². The van der Waals surface area contributed by atoms with Crippen molar-refractivity contribution in [2.45, 2.75) is 77.4 Å². The summed E-state index contributed by atoms with van der Waals surface area (Å²) in [5.41, 5.74) is -0.125. The van der Waals surface area contributed by atoms with E-state index in [1.165, 1.54) is 10.8 Å². The number of nitrogens with zero attached hydrogens (tertiary/aromatic N) is 2. The average molecular weight is 579 g/mol. The van der Waals surface area contributed by atoms with Crippen molar-refractivity contribution in [2.75, 3.05) is 32.1 Å². The van der Waals surface area contributed by atoms with Crippen LogP contribution >= 0.6 is 0 Å². The van der Waals surface area contributed by atoms with Gasteiger partial charge in [-0.05, 0) is 26.8 Å². The minimum atomic E-state index is -1.15. The monoisotopic (exact) mass is 578 g/mol. The Hall–Kier alpha value is -4.14. The molecule has 2 rings (SSSR count). The third kappa shape index (κ3) is 10.4.